The van der Waals surface area contributed by atoms with Crippen LogP contribution in [0.3, 0.4) is 0 Å². The van der Waals surface area contributed by atoms with Gasteiger partial charge in [-0.25, -0.2) is 0 Å². The van der Waals surface area contributed by atoms with Gasteiger partial charge in [0.1, 0.15) is 5.75 Å². The summed E-state index contributed by atoms with van der Waals surface area (Å²) in [7, 11) is 1.60. The Balaban J connectivity index is 2.00. The van der Waals surface area contributed by atoms with Gasteiger partial charge in [-0.2, -0.15) is 5.10 Å². The SMILES string of the molecule is COc1ccc(C)cc1NC(=S)N/N=C\c1ccc(Cl)cc1Cl. The molecule has 0 spiro atoms. The van der Waals surface area contributed by atoms with E-state index in [1.54, 1.807) is 31.5 Å². The fourth-order valence-corrected chi connectivity index (χ4v) is 2.46. The maximum atomic E-state index is 6.06. The van der Waals surface area contributed by atoms with E-state index in [0.29, 0.717) is 20.9 Å². The van der Waals surface area contributed by atoms with E-state index >= 15 is 0 Å². The molecule has 0 aliphatic carbocycles. The summed E-state index contributed by atoms with van der Waals surface area (Å²) >= 11 is 17.1. The number of hydrogen-bond acceptors (Lipinski definition) is 3. The summed E-state index contributed by atoms with van der Waals surface area (Å²) < 4.78 is 5.28. The number of hydrogen-bond donors (Lipinski definition) is 2. The molecule has 0 bridgehead atoms. The number of aryl methyl sites for hydroxylation is 1. The zero-order chi connectivity index (χ0) is 16.8. The first kappa shape index (κ1) is 17.5. The summed E-state index contributed by atoms with van der Waals surface area (Å²) in [5, 5.41) is 8.53. The van der Waals surface area contributed by atoms with E-state index in [1.165, 1.54) is 0 Å². The van der Waals surface area contributed by atoms with Crippen molar-refractivity contribution in [1.82, 2.24) is 5.43 Å². The molecule has 0 unspecified atom stereocenters. The molecule has 7 heteroatoms. The number of nitrogens with zero attached hydrogens (tertiary/aromatic N) is 1. The molecule has 4 nitrogen and oxygen atoms in total. The van der Waals surface area contributed by atoms with Crippen molar-refractivity contribution in [2.45, 2.75) is 6.92 Å². The lowest BCUT2D eigenvalue weighted by molar-refractivity contribution is 0.417. The predicted molar refractivity (Wildman–Crippen MR) is 101 cm³/mol. The largest absolute Gasteiger partial charge is 0.495 e. The van der Waals surface area contributed by atoms with Gasteiger partial charge >= 0.3 is 0 Å². The minimum absolute atomic E-state index is 0.343. The summed E-state index contributed by atoms with van der Waals surface area (Å²) in [6.45, 7) is 1.99. The van der Waals surface area contributed by atoms with Crippen LogP contribution in [0.4, 0.5) is 5.69 Å². The second kappa shape index (κ2) is 8.15. The molecule has 0 aliphatic rings. The maximum Gasteiger partial charge on any atom is 0.191 e. The van der Waals surface area contributed by atoms with Gasteiger partial charge in [0.05, 0.1) is 24.0 Å². The van der Waals surface area contributed by atoms with Crippen molar-refractivity contribution in [3.05, 3.63) is 57.6 Å². The van der Waals surface area contributed by atoms with Gasteiger partial charge < -0.3 is 10.1 Å². The minimum atomic E-state index is 0.343. The number of ether oxygens (including phenoxy) is 1. The monoisotopic (exact) mass is 367 g/mol. The van der Waals surface area contributed by atoms with Crippen LogP contribution in [0.2, 0.25) is 10.0 Å². The Hall–Kier alpha value is -1.82. The van der Waals surface area contributed by atoms with E-state index in [2.05, 4.69) is 15.8 Å². The Labute approximate surface area is 150 Å². The van der Waals surface area contributed by atoms with E-state index in [9.17, 15) is 0 Å². The second-order valence-electron chi connectivity index (χ2n) is 4.69. The Morgan fingerprint density at radius 1 is 1.22 bits per heavy atom. The molecular weight excluding hydrogens is 353 g/mol. The molecule has 0 atom stereocenters. The van der Waals surface area contributed by atoms with Crippen molar-refractivity contribution in [2.24, 2.45) is 5.10 Å². The number of nitrogens with one attached hydrogen (secondary N) is 2. The van der Waals surface area contributed by atoms with Crippen LogP contribution < -0.4 is 15.5 Å². The Bertz CT molecular complexity index is 750. The van der Waals surface area contributed by atoms with E-state index < -0.39 is 0 Å². The number of hydrazone groups is 1. The van der Waals surface area contributed by atoms with E-state index in [-0.39, 0.29) is 0 Å². The van der Waals surface area contributed by atoms with Gasteiger partial charge in [-0.15, -0.1) is 0 Å². The molecule has 0 heterocycles. The maximum absolute atomic E-state index is 6.06. The summed E-state index contributed by atoms with van der Waals surface area (Å²) in [6.07, 6.45) is 1.57. The summed E-state index contributed by atoms with van der Waals surface area (Å²) in [4.78, 5) is 0. The van der Waals surface area contributed by atoms with Gasteiger partial charge in [0.2, 0.25) is 0 Å². The topological polar surface area (TPSA) is 45.6 Å². The number of halogens is 2. The molecule has 0 aliphatic heterocycles. The molecule has 0 saturated carbocycles. The van der Waals surface area contributed by atoms with E-state index in [0.717, 1.165) is 16.8 Å². The highest BCUT2D eigenvalue weighted by molar-refractivity contribution is 7.80. The van der Waals surface area contributed by atoms with Crippen LogP contribution in [-0.2, 0) is 0 Å². The Morgan fingerprint density at radius 3 is 2.70 bits per heavy atom. The first-order valence-electron chi connectivity index (χ1n) is 6.69. The average Bonchev–Trinajstić information content (AvgIpc) is 2.50. The van der Waals surface area contributed by atoms with Gasteiger partial charge in [0, 0.05) is 10.6 Å². The Morgan fingerprint density at radius 2 is 2.00 bits per heavy atom. The predicted octanol–water partition coefficient (Wildman–Crippen LogP) is 4.63. The van der Waals surface area contributed by atoms with Crippen LogP contribution in [0.25, 0.3) is 0 Å². The molecular formula is C16H15Cl2N3OS. The number of rotatable bonds is 4. The fraction of sp³-hybridized carbons (Fsp3) is 0.125. The van der Waals surface area contributed by atoms with Crippen LogP contribution in [0.15, 0.2) is 41.5 Å². The van der Waals surface area contributed by atoms with Crippen molar-refractivity contribution in [2.75, 3.05) is 12.4 Å². The zero-order valence-electron chi connectivity index (χ0n) is 12.6. The third kappa shape index (κ3) is 5.10. The van der Waals surface area contributed by atoms with Crippen LogP contribution in [0, 0.1) is 6.92 Å². The average molecular weight is 368 g/mol. The van der Waals surface area contributed by atoms with Crippen molar-refractivity contribution >= 4 is 52.4 Å². The standard InChI is InChI=1S/C16H15Cl2N3OS/c1-10-3-6-15(22-2)14(7-10)20-16(23)21-19-9-11-4-5-12(17)8-13(11)18/h3-9H,1-2H3,(H2,20,21,23)/b19-9-. The highest BCUT2D eigenvalue weighted by atomic mass is 35.5. The van der Waals surface area contributed by atoms with Crippen LogP contribution in [0.1, 0.15) is 11.1 Å². The highest BCUT2D eigenvalue weighted by Crippen LogP contribution is 2.25. The first-order valence-corrected chi connectivity index (χ1v) is 7.86. The lowest BCUT2D eigenvalue weighted by Gasteiger charge is -2.12. The van der Waals surface area contributed by atoms with Crippen molar-refractivity contribution in [1.29, 1.82) is 0 Å². The van der Waals surface area contributed by atoms with Crippen molar-refractivity contribution in [3.63, 3.8) is 0 Å². The molecule has 0 amide bonds. The smallest absolute Gasteiger partial charge is 0.191 e. The summed E-state index contributed by atoms with van der Waals surface area (Å²) in [5.41, 5.74) is 5.33. The summed E-state index contributed by atoms with van der Waals surface area (Å²) in [6, 6.07) is 10.9. The van der Waals surface area contributed by atoms with Gasteiger partial charge in [-0.3, -0.25) is 5.43 Å². The molecule has 2 aromatic rings. The second-order valence-corrected chi connectivity index (χ2v) is 5.95. The Kier molecular flexibility index (Phi) is 6.21. The van der Waals surface area contributed by atoms with Crippen molar-refractivity contribution in [3.8, 4) is 5.75 Å². The molecule has 2 aromatic carbocycles. The molecule has 0 saturated heterocycles. The normalized spacial score (nSPS) is 10.6. The number of methoxy groups -OCH3 is 1. The van der Waals surface area contributed by atoms with Gasteiger partial charge in [0.15, 0.2) is 5.11 Å². The number of anilines is 1. The molecule has 0 fully saturated rings. The number of thiocarbonyl (C=S) groups is 1. The lowest BCUT2D eigenvalue weighted by atomic mass is 10.2. The quantitative estimate of drug-likeness (QED) is 0.469. The van der Waals surface area contributed by atoms with Crippen LogP contribution in [0.5, 0.6) is 5.75 Å². The zero-order valence-corrected chi connectivity index (χ0v) is 14.9. The minimum Gasteiger partial charge on any atom is -0.495 e. The fourth-order valence-electron chi connectivity index (χ4n) is 1.84. The molecule has 23 heavy (non-hydrogen) atoms. The molecule has 0 aromatic heterocycles. The van der Waals surface area contributed by atoms with Crippen LogP contribution >= 0.6 is 35.4 Å². The van der Waals surface area contributed by atoms with Crippen LogP contribution in [-0.4, -0.2) is 18.4 Å². The van der Waals surface area contributed by atoms with E-state index in [1.807, 2.05) is 25.1 Å². The molecule has 2 rings (SSSR count). The first-order chi connectivity index (χ1) is 11.0. The molecule has 2 N–H and O–H groups in total. The third-order valence-electron chi connectivity index (χ3n) is 2.94. The van der Waals surface area contributed by atoms with Crippen molar-refractivity contribution < 1.29 is 4.74 Å². The highest BCUT2D eigenvalue weighted by Gasteiger charge is 2.04. The van der Waals surface area contributed by atoms with Gasteiger partial charge in [0.25, 0.3) is 0 Å². The van der Waals surface area contributed by atoms with E-state index in [4.69, 9.17) is 40.2 Å². The third-order valence-corrected chi connectivity index (χ3v) is 3.69. The lowest BCUT2D eigenvalue weighted by Crippen LogP contribution is -2.24. The number of benzene rings is 2. The molecule has 0 radical (unpaired) electrons. The summed E-state index contributed by atoms with van der Waals surface area (Å²) in [5.74, 6) is 0.699. The van der Waals surface area contributed by atoms with Gasteiger partial charge in [-0.05, 0) is 49.0 Å². The van der Waals surface area contributed by atoms with Gasteiger partial charge in [-0.1, -0.05) is 35.3 Å². The molecule has 120 valence electrons.